The molecule has 0 aliphatic rings. The molecule has 0 radical (unpaired) electrons. The van der Waals surface area contributed by atoms with Gasteiger partial charge in [0.15, 0.2) is 5.60 Å². The highest BCUT2D eigenvalue weighted by Crippen LogP contribution is 2.10. The number of aliphatic hydroxyl groups is 1. The first-order valence-electron chi connectivity index (χ1n) is 5.82. The van der Waals surface area contributed by atoms with Crippen LogP contribution in [0.5, 0.6) is 0 Å². The summed E-state index contributed by atoms with van der Waals surface area (Å²) in [5.74, 6) is -1.60. The molecule has 0 spiro atoms. The van der Waals surface area contributed by atoms with Crippen LogP contribution in [0, 0.1) is 0 Å². The summed E-state index contributed by atoms with van der Waals surface area (Å²) in [6.07, 6.45) is 2.27. The molecular weight excluding hydrogens is 256 g/mol. The van der Waals surface area contributed by atoms with Crippen LogP contribution in [0.15, 0.2) is 0 Å². The summed E-state index contributed by atoms with van der Waals surface area (Å²) in [5, 5.41) is 9.21. The zero-order valence-corrected chi connectivity index (χ0v) is 11.9. The Balaban J connectivity index is -0.000000280. The van der Waals surface area contributed by atoms with Crippen molar-refractivity contribution in [1.29, 1.82) is 0 Å². The fraction of sp³-hybridized carbons (Fsp3) is 0.750. The number of rotatable bonds is 6. The van der Waals surface area contributed by atoms with E-state index in [2.05, 4.69) is 9.47 Å². The van der Waals surface area contributed by atoms with E-state index in [-0.39, 0.29) is 11.9 Å². The van der Waals surface area contributed by atoms with Crippen LogP contribution in [-0.4, -0.2) is 41.2 Å². The standard InChI is InChI=1S/C7H12O4.C5H10O2.H2O/c1-4-7(3,10)6(9)11-5(2)8;1-2-3-4-7-5-6;/h10H,4H2,1-3H3;5H,2-4H2,1H3;1H2. The van der Waals surface area contributed by atoms with Crippen molar-refractivity contribution >= 4 is 18.4 Å². The monoisotopic (exact) mass is 280 g/mol. The highest BCUT2D eigenvalue weighted by molar-refractivity contribution is 5.88. The Hall–Kier alpha value is -1.47. The minimum Gasteiger partial charge on any atom is -0.468 e. The van der Waals surface area contributed by atoms with Gasteiger partial charge in [0.1, 0.15) is 0 Å². The molecule has 0 rings (SSSR count). The SMILES string of the molecule is CCC(C)(O)C(=O)OC(C)=O.CCCCOC=O.O. The fourth-order valence-corrected chi connectivity index (χ4v) is 0.661. The molecule has 0 saturated carbocycles. The number of esters is 2. The number of hydrogen-bond donors (Lipinski definition) is 1. The predicted molar refractivity (Wildman–Crippen MR) is 68.2 cm³/mol. The van der Waals surface area contributed by atoms with Gasteiger partial charge in [-0.25, -0.2) is 4.79 Å². The first-order valence-corrected chi connectivity index (χ1v) is 5.82. The van der Waals surface area contributed by atoms with Gasteiger partial charge < -0.3 is 20.1 Å². The smallest absolute Gasteiger partial charge is 0.345 e. The van der Waals surface area contributed by atoms with Gasteiger partial charge in [-0.05, 0) is 19.8 Å². The average molecular weight is 280 g/mol. The van der Waals surface area contributed by atoms with Crippen LogP contribution >= 0.6 is 0 Å². The topological polar surface area (TPSA) is 121 Å². The van der Waals surface area contributed by atoms with E-state index in [9.17, 15) is 19.5 Å². The predicted octanol–water partition coefficient (Wildman–Crippen LogP) is 0.372. The fourth-order valence-electron chi connectivity index (χ4n) is 0.661. The summed E-state index contributed by atoms with van der Waals surface area (Å²) in [6.45, 7) is 7.15. The van der Waals surface area contributed by atoms with E-state index in [1.807, 2.05) is 6.92 Å². The third kappa shape index (κ3) is 14.5. The minimum absolute atomic E-state index is 0. The lowest BCUT2D eigenvalue weighted by molar-refractivity contribution is -0.171. The zero-order valence-electron chi connectivity index (χ0n) is 11.9. The summed E-state index contributed by atoms with van der Waals surface area (Å²) in [5.41, 5.74) is -1.55. The largest absolute Gasteiger partial charge is 0.468 e. The maximum atomic E-state index is 10.8. The Bertz CT molecular complexity index is 261. The zero-order chi connectivity index (χ0) is 14.6. The van der Waals surface area contributed by atoms with Gasteiger partial charge in [0.05, 0.1) is 6.61 Å². The van der Waals surface area contributed by atoms with Gasteiger partial charge in [-0.15, -0.1) is 0 Å². The third-order valence-electron chi connectivity index (χ3n) is 2.05. The molecule has 0 fully saturated rings. The van der Waals surface area contributed by atoms with Crippen molar-refractivity contribution in [3.05, 3.63) is 0 Å². The number of ether oxygens (including phenoxy) is 2. The van der Waals surface area contributed by atoms with E-state index < -0.39 is 17.5 Å². The van der Waals surface area contributed by atoms with Crippen LogP contribution in [0.4, 0.5) is 0 Å². The van der Waals surface area contributed by atoms with E-state index in [1.165, 1.54) is 6.92 Å². The number of carbonyl (C=O) groups is 3. The summed E-state index contributed by atoms with van der Waals surface area (Å²) in [6, 6.07) is 0. The molecule has 0 bridgehead atoms. The van der Waals surface area contributed by atoms with Crippen molar-refractivity contribution < 1.29 is 34.4 Å². The molecule has 0 aliphatic heterocycles. The molecule has 19 heavy (non-hydrogen) atoms. The Labute approximate surface area is 113 Å². The molecule has 114 valence electrons. The average Bonchev–Trinajstić information content (AvgIpc) is 2.29. The van der Waals surface area contributed by atoms with Crippen LogP contribution < -0.4 is 0 Å². The molecular formula is C12H24O7. The summed E-state index contributed by atoms with van der Waals surface area (Å²) in [4.78, 5) is 30.5. The van der Waals surface area contributed by atoms with Gasteiger partial charge in [0.25, 0.3) is 6.47 Å². The third-order valence-corrected chi connectivity index (χ3v) is 2.05. The quantitative estimate of drug-likeness (QED) is 0.325. The Morgan fingerprint density at radius 3 is 2.16 bits per heavy atom. The molecule has 0 amide bonds. The Morgan fingerprint density at radius 1 is 1.32 bits per heavy atom. The van der Waals surface area contributed by atoms with Gasteiger partial charge in [-0.3, -0.25) is 9.59 Å². The van der Waals surface area contributed by atoms with Crippen molar-refractivity contribution in [2.24, 2.45) is 0 Å². The van der Waals surface area contributed by atoms with Crippen LogP contribution in [-0.2, 0) is 23.9 Å². The van der Waals surface area contributed by atoms with E-state index in [0.717, 1.165) is 19.8 Å². The highest BCUT2D eigenvalue weighted by Gasteiger charge is 2.30. The molecule has 7 heteroatoms. The van der Waals surface area contributed by atoms with Gasteiger partial charge in [-0.2, -0.15) is 0 Å². The Kier molecular flexibility index (Phi) is 15.5. The van der Waals surface area contributed by atoms with Gasteiger partial charge in [0, 0.05) is 6.92 Å². The van der Waals surface area contributed by atoms with Crippen molar-refractivity contribution in [2.45, 2.75) is 52.6 Å². The lowest BCUT2D eigenvalue weighted by atomic mass is 10.1. The lowest BCUT2D eigenvalue weighted by Gasteiger charge is -2.17. The summed E-state index contributed by atoms with van der Waals surface area (Å²) < 4.78 is 8.57. The molecule has 0 aromatic heterocycles. The van der Waals surface area contributed by atoms with Crippen LogP contribution in [0.25, 0.3) is 0 Å². The van der Waals surface area contributed by atoms with Crippen LogP contribution in [0.2, 0.25) is 0 Å². The second-order valence-corrected chi connectivity index (χ2v) is 3.83. The van der Waals surface area contributed by atoms with Crippen molar-refractivity contribution in [2.75, 3.05) is 6.61 Å². The number of hydrogen-bond acceptors (Lipinski definition) is 6. The van der Waals surface area contributed by atoms with E-state index >= 15 is 0 Å². The number of carbonyl (C=O) groups excluding carboxylic acids is 3. The molecule has 1 unspecified atom stereocenters. The van der Waals surface area contributed by atoms with E-state index in [0.29, 0.717) is 13.1 Å². The molecule has 7 nitrogen and oxygen atoms in total. The molecule has 0 aliphatic carbocycles. The highest BCUT2D eigenvalue weighted by atomic mass is 16.6. The maximum absolute atomic E-state index is 10.8. The molecule has 0 aromatic carbocycles. The normalized spacial score (nSPS) is 11.8. The van der Waals surface area contributed by atoms with Crippen molar-refractivity contribution in [3.63, 3.8) is 0 Å². The molecule has 0 saturated heterocycles. The molecule has 3 N–H and O–H groups in total. The van der Waals surface area contributed by atoms with Crippen LogP contribution in [0.1, 0.15) is 47.0 Å². The summed E-state index contributed by atoms with van der Waals surface area (Å²) in [7, 11) is 0. The van der Waals surface area contributed by atoms with Gasteiger partial charge in [0.2, 0.25) is 0 Å². The first kappa shape index (κ1) is 22.7. The Morgan fingerprint density at radius 2 is 1.84 bits per heavy atom. The summed E-state index contributed by atoms with van der Waals surface area (Å²) >= 11 is 0. The van der Waals surface area contributed by atoms with E-state index in [1.54, 1.807) is 6.92 Å². The number of unbranched alkanes of at least 4 members (excludes halogenated alkanes) is 1. The maximum Gasteiger partial charge on any atom is 0.345 e. The van der Waals surface area contributed by atoms with Crippen molar-refractivity contribution in [3.8, 4) is 0 Å². The van der Waals surface area contributed by atoms with Crippen LogP contribution in [0.3, 0.4) is 0 Å². The minimum atomic E-state index is -1.55. The molecule has 0 aromatic rings. The second kappa shape index (κ2) is 13.0. The van der Waals surface area contributed by atoms with Gasteiger partial charge >= 0.3 is 11.9 Å². The molecule has 1 atom stereocenters. The van der Waals surface area contributed by atoms with Gasteiger partial charge in [-0.1, -0.05) is 20.3 Å². The second-order valence-electron chi connectivity index (χ2n) is 3.83. The van der Waals surface area contributed by atoms with E-state index in [4.69, 9.17) is 0 Å². The first-order chi connectivity index (χ1) is 8.31. The lowest BCUT2D eigenvalue weighted by Crippen LogP contribution is -2.36. The van der Waals surface area contributed by atoms with Crippen molar-refractivity contribution in [1.82, 2.24) is 0 Å². The molecule has 0 heterocycles.